The Bertz CT molecular complexity index is 1180. The van der Waals surface area contributed by atoms with E-state index in [9.17, 15) is 26.7 Å². The molecule has 1 atom stereocenters. The molecule has 0 aliphatic heterocycles. The molecular formula is C25H21ClF5NO3. The first kappa shape index (κ1) is 26.3. The number of carbonyl (C=O) groups is 1. The first-order valence-corrected chi connectivity index (χ1v) is 10.8. The molecule has 10 heteroatoms. The fourth-order valence-electron chi connectivity index (χ4n) is 3.08. The standard InChI is InChI=1S/C25H21ClF5NO3/c1-14(2)23(32-22-10-3-16(12-20(22)26)25(29,30)31)24(33)34-13-15-11-19(8-9-21(15)28)35-18-6-4-17(27)5-7-18/h3-12,14,23,32H,13H2,1-2H3. The maximum atomic E-state index is 14.3. The van der Waals surface area contributed by atoms with Crippen LogP contribution in [0, 0.1) is 17.6 Å². The molecule has 0 heterocycles. The van der Waals surface area contributed by atoms with Crippen molar-refractivity contribution < 1.29 is 36.2 Å². The molecule has 0 radical (unpaired) electrons. The lowest BCUT2D eigenvalue weighted by Crippen LogP contribution is -2.36. The largest absolute Gasteiger partial charge is 0.459 e. The summed E-state index contributed by atoms with van der Waals surface area (Å²) in [5.74, 6) is -1.57. The molecular weight excluding hydrogens is 493 g/mol. The maximum Gasteiger partial charge on any atom is 0.416 e. The predicted molar refractivity (Wildman–Crippen MR) is 121 cm³/mol. The van der Waals surface area contributed by atoms with Gasteiger partial charge in [-0.05, 0) is 66.6 Å². The van der Waals surface area contributed by atoms with Crippen LogP contribution in [0.3, 0.4) is 0 Å². The topological polar surface area (TPSA) is 47.6 Å². The Morgan fingerprint density at radius 1 is 0.971 bits per heavy atom. The van der Waals surface area contributed by atoms with Gasteiger partial charge >= 0.3 is 12.1 Å². The number of rotatable bonds is 8. The SMILES string of the molecule is CC(C)C(Nc1ccc(C(F)(F)F)cc1Cl)C(=O)OCc1cc(Oc2ccc(F)cc2)ccc1F. The fraction of sp³-hybridized carbons (Fsp3) is 0.240. The minimum atomic E-state index is -4.56. The lowest BCUT2D eigenvalue weighted by molar-refractivity contribution is -0.147. The van der Waals surface area contributed by atoms with Crippen molar-refractivity contribution in [3.63, 3.8) is 0 Å². The molecule has 0 amide bonds. The highest BCUT2D eigenvalue weighted by atomic mass is 35.5. The molecule has 0 spiro atoms. The second-order valence-corrected chi connectivity index (χ2v) is 8.38. The highest BCUT2D eigenvalue weighted by Gasteiger charge is 2.31. The van der Waals surface area contributed by atoms with E-state index in [2.05, 4.69) is 5.32 Å². The van der Waals surface area contributed by atoms with Crippen molar-refractivity contribution in [2.24, 2.45) is 5.92 Å². The Labute approximate surface area is 203 Å². The van der Waals surface area contributed by atoms with Crippen LogP contribution >= 0.6 is 11.6 Å². The van der Waals surface area contributed by atoms with Crippen molar-refractivity contribution in [3.8, 4) is 11.5 Å². The molecule has 3 aromatic rings. The van der Waals surface area contributed by atoms with Crippen LogP contribution in [0.25, 0.3) is 0 Å². The Morgan fingerprint density at radius 3 is 2.23 bits per heavy atom. The number of hydrogen-bond acceptors (Lipinski definition) is 4. The number of esters is 1. The normalized spacial score (nSPS) is 12.4. The zero-order valence-electron chi connectivity index (χ0n) is 18.6. The summed E-state index contributed by atoms with van der Waals surface area (Å²) in [4.78, 5) is 12.7. The first-order chi connectivity index (χ1) is 16.4. The zero-order valence-corrected chi connectivity index (χ0v) is 19.4. The van der Waals surface area contributed by atoms with E-state index in [1.807, 2.05) is 0 Å². The van der Waals surface area contributed by atoms with Crippen LogP contribution in [0.4, 0.5) is 27.6 Å². The summed E-state index contributed by atoms with van der Waals surface area (Å²) in [6.07, 6.45) is -4.56. The molecule has 0 saturated carbocycles. The molecule has 186 valence electrons. The van der Waals surface area contributed by atoms with Gasteiger partial charge in [0.2, 0.25) is 0 Å². The number of hydrogen-bond donors (Lipinski definition) is 1. The summed E-state index contributed by atoms with van der Waals surface area (Å²) in [6.45, 7) is 2.99. The summed E-state index contributed by atoms with van der Waals surface area (Å²) in [6, 6.07) is 10.9. The van der Waals surface area contributed by atoms with E-state index in [1.54, 1.807) is 13.8 Å². The quantitative estimate of drug-likeness (QED) is 0.249. The van der Waals surface area contributed by atoms with Gasteiger partial charge < -0.3 is 14.8 Å². The molecule has 35 heavy (non-hydrogen) atoms. The summed E-state index contributed by atoms with van der Waals surface area (Å²) in [7, 11) is 0. The smallest absolute Gasteiger partial charge is 0.416 e. The molecule has 4 nitrogen and oxygen atoms in total. The zero-order chi connectivity index (χ0) is 25.8. The highest BCUT2D eigenvalue weighted by molar-refractivity contribution is 6.33. The van der Waals surface area contributed by atoms with Gasteiger partial charge in [0.05, 0.1) is 16.3 Å². The van der Waals surface area contributed by atoms with E-state index >= 15 is 0 Å². The molecule has 1 N–H and O–H groups in total. The Hall–Kier alpha value is -3.33. The fourth-order valence-corrected chi connectivity index (χ4v) is 3.31. The third-order valence-electron chi connectivity index (χ3n) is 4.96. The van der Waals surface area contributed by atoms with Gasteiger partial charge in [-0.1, -0.05) is 25.4 Å². The minimum Gasteiger partial charge on any atom is -0.459 e. The molecule has 0 aliphatic carbocycles. The van der Waals surface area contributed by atoms with E-state index in [0.29, 0.717) is 5.75 Å². The Kier molecular flexibility index (Phi) is 8.22. The molecule has 0 aliphatic rings. The summed E-state index contributed by atoms with van der Waals surface area (Å²) < 4.78 is 76.8. The van der Waals surface area contributed by atoms with Crippen molar-refractivity contribution in [3.05, 3.63) is 88.4 Å². The van der Waals surface area contributed by atoms with Gasteiger partial charge in [0.15, 0.2) is 0 Å². The Balaban J connectivity index is 1.69. The first-order valence-electron chi connectivity index (χ1n) is 10.5. The average molecular weight is 514 g/mol. The Morgan fingerprint density at radius 2 is 1.63 bits per heavy atom. The van der Waals surface area contributed by atoms with Crippen molar-refractivity contribution in [2.45, 2.75) is 32.7 Å². The van der Waals surface area contributed by atoms with E-state index in [0.717, 1.165) is 24.3 Å². The van der Waals surface area contributed by atoms with Gasteiger partial charge in [-0.3, -0.25) is 0 Å². The minimum absolute atomic E-state index is 0.0352. The number of anilines is 1. The van der Waals surface area contributed by atoms with Crippen molar-refractivity contribution in [1.82, 2.24) is 0 Å². The average Bonchev–Trinajstić information content (AvgIpc) is 2.79. The van der Waals surface area contributed by atoms with E-state index in [1.165, 1.54) is 36.4 Å². The number of carbonyl (C=O) groups excluding carboxylic acids is 1. The summed E-state index contributed by atoms with van der Waals surface area (Å²) in [5.41, 5.74) is -0.765. The number of alkyl halides is 3. The van der Waals surface area contributed by atoms with Crippen LogP contribution in [-0.4, -0.2) is 12.0 Å². The maximum absolute atomic E-state index is 14.3. The number of nitrogens with one attached hydrogen (secondary N) is 1. The van der Waals surface area contributed by atoms with Crippen LogP contribution in [0.5, 0.6) is 11.5 Å². The second kappa shape index (κ2) is 10.9. The van der Waals surface area contributed by atoms with Crippen molar-refractivity contribution in [1.29, 1.82) is 0 Å². The lowest BCUT2D eigenvalue weighted by atomic mass is 10.0. The molecule has 1 unspecified atom stereocenters. The third kappa shape index (κ3) is 7.08. The highest BCUT2D eigenvalue weighted by Crippen LogP contribution is 2.34. The van der Waals surface area contributed by atoms with Gasteiger partial charge in [0, 0.05) is 5.56 Å². The number of benzene rings is 3. The predicted octanol–water partition coefficient (Wildman–Crippen LogP) is 7.61. The second-order valence-electron chi connectivity index (χ2n) is 7.98. The van der Waals surface area contributed by atoms with Crippen LogP contribution < -0.4 is 10.1 Å². The molecule has 3 aromatic carbocycles. The van der Waals surface area contributed by atoms with E-state index < -0.39 is 42.0 Å². The van der Waals surface area contributed by atoms with Crippen molar-refractivity contribution in [2.75, 3.05) is 5.32 Å². The van der Waals surface area contributed by atoms with Crippen LogP contribution in [0.15, 0.2) is 60.7 Å². The van der Waals surface area contributed by atoms with Crippen LogP contribution in [0.2, 0.25) is 5.02 Å². The van der Waals surface area contributed by atoms with Crippen LogP contribution in [-0.2, 0) is 22.3 Å². The summed E-state index contributed by atoms with van der Waals surface area (Å²) in [5, 5.41) is 2.59. The summed E-state index contributed by atoms with van der Waals surface area (Å²) >= 11 is 5.98. The van der Waals surface area contributed by atoms with Gasteiger partial charge in [0.25, 0.3) is 0 Å². The van der Waals surface area contributed by atoms with Gasteiger partial charge in [-0.2, -0.15) is 13.2 Å². The molecule has 0 fully saturated rings. The lowest BCUT2D eigenvalue weighted by Gasteiger charge is -2.23. The third-order valence-corrected chi connectivity index (χ3v) is 5.28. The molecule has 0 aromatic heterocycles. The molecule has 3 rings (SSSR count). The molecule has 0 bridgehead atoms. The number of halogens is 6. The molecule has 0 saturated heterocycles. The number of ether oxygens (including phenoxy) is 2. The van der Waals surface area contributed by atoms with Gasteiger partial charge in [-0.15, -0.1) is 0 Å². The van der Waals surface area contributed by atoms with Crippen molar-refractivity contribution >= 4 is 23.3 Å². The monoisotopic (exact) mass is 513 g/mol. The van der Waals surface area contributed by atoms with E-state index in [-0.39, 0.29) is 27.9 Å². The van der Waals surface area contributed by atoms with Gasteiger partial charge in [0.1, 0.15) is 35.8 Å². The van der Waals surface area contributed by atoms with E-state index in [4.69, 9.17) is 21.1 Å². The van der Waals surface area contributed by atoms with Crippen LogP contribution in [0.1, 0.15) is 25.0 Å². The van der Waals surface area contributed by atoms with Gasteiger partial charge in [-0.25, -0.2) is 13.6 Å².